The van der Waals surface area contributed by atoms with Crippen LogP contribution in [0.15, 0.2) is 42.7 Å². The van der Waals surface area contributed by atoms with Crippen molar-refractivity contribution in [2.75, 3.05) is 0 Å². The summed E-state index contributed by atoms with van der Waals surface area (Å²) in [6.07, 6.45) is 5.50. The number of aromatic nitrogens is 2. The van der Waals surface area contributed by atoms with E-state index in [1.165, 1.54) is 0 Å². The standard InChI is InChI=1S/C15H18N4O/c16-14(20)15(17,12-6-7-12)10-19-9-8-18-13(19)11-4-2-1-3-5-11/h1-5,8-9,12H,6-7,10,17H2,(H2,16,20). The molecule has 20 heavy (non-hydrogen) atoms. The van der Waals surface area contributed by atoms with Crippen molar-refractivity contribution in [3.63, 3.8) is 0 Å². The van der Waals surface area contributed by atoms with Crippen LogP contribution in [0.4, 0.5) is 0 Å². The lowest BCUT2D eigenvalue weighted by Crippen LogP contribution is -2.56. The molecule has 4 N–H and O–H groups in total. The highest BCUT2D eigenvalue weighted by Crippen LogP contribution is 2.39. The van der Waals surface area contributed by atoms with Crippen molar-refractivity contribution in [3.05, 3.63) is 42.7 Å². The van der Waals surface area contributed by atoms with Gasteiger partial charge >= 0.3 is 0 Å². The van der Waals surface area contributed by atoms with Gasteiger partial charge in [-0.3, -0.25) is 4.79 Å². The van der Waals surface area contributed by atoms with Gasteiger partial charge in [0.25, 0.3) is 0 Å². The summed E-state index contributed by atoms with van der Waals surface area (Å²) in [6, 6.07) is 9.84. The maximum atomic E-state index is 11.7. The minimum Gasteiger partial charge on any atom is -0.368 e. The van der Waals surface area contributed by atoms with Crippen LogP contribution in [0.3, 0.4) is 0 Å². The summed E-state index contributed by atoms with van der Waals surface area (Å²) in [4.78, 5) is 16.1. The van der Waals surface area contributed by atoms with Crippen molar-refractivity contribution in [3.8, 4) is 11.4 Å². The first-order valence-electron chi connectivity index (χ1n) is 6.76. The number of carbonyl (C=O) groups excluding carboxylic acids is 1. The Kier molecular flexibility index (Phi) is 3.06. The van der Waals surface area contributed by atoms with Crippen LogP contribution in [0.2, 0.25) is 0 Å². The van der Waals surface area contributed by atoms with Gasteiger partial charge in [0.1, 0.15) is 11.4 Å². The Hall–Kier alpha value is -2.14. The first-order chi connectivity index (χ1) is 9.61. The third-order valence-electron chi connectivity index (χ3n) is 3.94. The lowest BCUT2D eigenvalue weighted by atomic mass is 9.93. The van der Waals surface area contributed by atoms with E-state index in [1.807, 2.05) is 41.1 Å². The van der Waals surface area contributed by atoms with Gasteiger partial charge in [0.15, 0.2) is 0 Å². The predicted molar refractivity (Wildman–Crippen MR) is 76.5 cm³/mol. The molecule has 1 aliphatic rings. The van der Waals surface area contributed by atoms with E-state index in [0.717, 1.165) is 24.2 Å². The van der Waals surface area contributed by atoms with Crippen LogP contribution in [0.1, 0.15) is 12.8 Å². The minimum absolute atomic E-state index is 0.186. The van der Waals surface area contributed by atoms with Crippen LogP contribution < -0.4 is 11.5 Å². The highest BCUT2D eigenvalue weighted by Gasteiger charge is 2.47. The number of rotatable bonds is 5. The fourth-order valence-electron chi connectivity index (χ4n) is 2.57. The molecule has 1 saturated carbocycles. The topological polar surface area (TPSA) is 86.9 Å². The zero-order chi connectivity index (χ0) is 14.2. The third-order valence-corrected chi connectivity index (χ3v) is 3.94. The van der Waals surface area contributed by atoms with Crippen LogP contribution in [0.5, 0.6) is 0 Å². The van der Waals surface area contributed by atoms with Crippen LogP contribution in [-0.4, -0.2) is 21.0 Å². The van der Waals surface area contributed by atoms with Crippen LogP contribution in [-0.2, 0) is 11.3 Å². The van der Waals surface area contributed by atoms with E-state index in [4.69, 9.17) is 11.5 Å². The van der Waals surface area contributed by atoms with Crippen LogP contribution in [0.25, 0.3) is 11.4 Å². The fourth-order valence-corrected chi connectivity index (χ4v) is 2.57. The molecule has 0 spiro atoms. The predicted octanol–water partition coefficient (Wildman–Crippen LogP) is 1.14. The summed E-state index contributed by atoms with van der Waals surface area (Å²) >= 11 is 0. The van der Waals surface area contributed by atoms with Crippen molar-refractivity contribution >= 4 is 5.91 Å². The number of amides is 1. The molecule has 2 aromatic rings. The lowest BCUT2D eigenvalue weighted by molar-refractivity contribution is -0.124. The van der Waals surface area contributed by atoms with Gasteiger partial charge in [-0.1, -0.05) is 30.3 Å². The molecule has 5 heteroatoms. The number of benzene rings is 1. The molecule has 0 aliphatic heterocycles. The van der Waals surface area contributed by atoms with Crippen molar-refractivity contribution in [1.82, 2.24) is 9.55 Å². The first-order valence-corrected chi connectivity index (χ1v) is 6.76. The number of carbonyl (C=O) groups is 1. The molecule has 1 amide bonds. The molecule has 0 saturated heterocycles. The zero-order valence-electron chi connectivity index (χ0n) is 11.2. The van der Waals surface area contributed by atoms with Gasteiger partial charge in [0, 0.05) is 18.0 Å². The van der Waals surface area contributed by atoms with Crippen LogP contribution in [0, 0.1) is 5.92 Å². The van der Waals surface area contributed by atoms with E-state index in [-0.39, 0.29) is 5.92 Å². The molecule has 1 aromatic carbocycles. The minimum atomic E-state index is -0.982. The van der Waals surface area contributed by atoms with Gasteiger partial charge in [-0.05, 0) is 18.8 Å². The Morgan fingerprint density at radius 2 is 2.05 bits per heavy atom. The SMILES string of the molecule is NC(=O)C(N)(Cn1ccnc1-c1ccccc1)C1CC1. The number of nitrogens with two attached hydrogens (primary N) is 2. The van der Waals surface area contributed by atoms with Crippen LogP contribution >= 0.6 is 0 Å². The first kappa shape index (κ1) is 12.9. The molecular weight excluding hydrogens is 252 g/mol. The van der Waals surface area contributed by atoms with E-state index in [2.05, 4.69) is 4.98 Å². The summed E-state index contributed by atoms with van der Waals surface area (Å²) in [5, 5.41) is 0. The number of nitrogens with zero attached hydrogens (tertiary/aromatic N) is 2. The number of primary amides is 1. The second kappa shape index (κ2) is 4.76. The molecule has 0 bridgehead atoms. The average Bonchev–Trinajstić information content (AvgIpc) is 3.21. The lowest BCUT2D eigenvalue weighted by Gasteiger charge is -2.27. The number of hydrogen-bond donors (Lipinski definition) is 2. The Labute approximate surface area is 117 Å². The summed E-state index contributed by atoms with van der Waals surface area (Å²) in [5.74, 6) is 0.557. The molecule has 1 aliphatic carbocycles. The van der Waals surface area contributed by atoms with Gasteiger partial charge in [0.05, 0.1) is 6.54 Å². The summed E-state index contributed by atoms with van der Waals surface area (Å²) in [7, 11) is 0. The van der Waals surface area contributed by atoms with E-state index in [0.29, 0.717) is 6.54 Å². The Morgan fingerprint density at radius 1 is 1.35 bits per heavy atom. The monoisotopic (exact) mass is 270 g/mol. The third kappa shape index (κ3) is 2.20. The molecule has 1 aromatic heterocycles. The Bertz CT molecular complexity index is 618. The smallest absolute Gasteiger partial charge is 0.239 e. The van der Waals surface area contributed by atoms with Crippen molar-refractivity contribution < 1.29 is 4.79 Å². The van der Waals surface area contributed by atoms with Gasteiger partial charge < -0.3 is 16.0 Å². The quantitative estimate of drug-likeness (QED) is 0.854. The zero-order valence-corrected chi connectivity index (χ0v) is 11.2. The molecule has 3 rings (SSSR count). The fraction of sp³-hybridized carbons (Fsp3) is 0.333. The van der Waals surface area contributed by atoms with E-state index < -0.39 is 11.4 Å². The molecule has 5 nitrogen and oxygen atoms in total. The number of hydrogen-bond acceptors (Lipinski definition) is 3. The van der Waals surface area contributed by atoms with Gasteiger partial charge in [-0.25, -0.2) is 4.98 Å². The summed E-state index contributed by atoms with van der Waals surface area (Å²) in [5.41, 5.74) is 11.8. The maximum absolute atomic E-state index is 11.7. The van der Waals surface area contributed by atoms with Gasteiger partial charge in [-0.15, -0.1) is 0 Å². The molecule has 1 unspecified atom stereocenters. The molecular formula is C15H18N4O. The maximum Gasteiger partial charge on any atom is 0.239 e. The second-order valence-corrected chi connectivity index (χ2v) is 5.42. The highest BCUT2D eigenvalue weighted by atomic mass is 16.1. The van der Waals surface area contributed by atoms with Gasteiger partial charge in [0.2, 0.25) is 5.91 Å². The second-order valence-electron chi connectivity index (χ2n) is 5.42. The van der Waals surface area contributed by atoms with Crippen molar-refractivity contribution in [1.29, 1.82) is 0 Å². The van der Waals surface area contributed by atoms with Crippen molar-refractivity contribution in [2.45, 2.75) is 24.9 Å². The molecule has 0 radical (unpaired) electrons. The number of imidazole rings is 1. The Morgan fingerprint density at radius 3 is 2.65 bits per heavy atom. The molecule has 1 fully saturated rings. The van der Waals surface area contributed by atoms with E-state index in [9.17, 15) is 4.79 Å². The average molecular weight is 270 g/mol. The molecule has 104 valence electrons. The largest absolute Gasteiger partial charge is 0.368 e. The van der Waals surface area contributed by atoms with Gasteiger partial charge in [-0.2, -0.15) is 0 Å². The van der Waals surface area contributed by atoms with E-state index in [1.54, 1.807) is 6.20 Å². The molecule has 1 heterocycles. The highest BCUT2D eigenvalue weighted by molar-refractivity contribution is 5.85. The summed E-state index contributed by atoms with van der Waals surface area (Å²) in [6.45, 7) is 0.372. The van der Waals surface area contributed by atoms with E-state index >= 15 is 0 Å². The normalized spacial score (nSPS) is 17.6. The van der Waals surface area contributed by atoms with Crippen molar-refractivity contribution in [2.24, 2.45) is 17.4 Å². The Balaban J connectivity index is 1.92. The molecule has 1 atom stereocenters. The summed E-state index contributed by atoms with van der Waals surface area (Å²) < 4.78 is 1.92.